The van der Waals surface area contributed by atoms with E-state index in [1.165, 1.54) is 22.6 Å². The lowest BCUT2D eigenvalue weighted by Gasteiger charge is -2.38. The van der Waals surface area contributed by atoms with Crippen LogP contribution in [-0.4, -0.2) is 54.5 Å². The van der Waals surface area contributed by atoms with Crippen molar-refractivity contribution in [2.45, 2.75) is 30.7 Å². The number of piperidine rings is 1. The molecule has 0 radical (unpaired) electrons. The second-order valence-corrected chi connectivity index (χ2v) is 12.2. The minimum Gasteiger partial charge on any atom is -0.432 e. The molecule has 1 fully saturated rings. The van der Waals surface area contributed by atoms with E-state index >= 15 is 0 Å². The Hall–Kier alpha value is -3.95. The maximum absolute atomic E-state index is 13.6. The van der Waals surface area contributed by atoms with Crippen LogP contribution >= 0.6 is 9.39 Å². The third kappa shape index (κ3) is 4.48. The molecular weight excluding hydrogens is 499 g/mol. The van der Waals surface area contributed by atoms with Gasteiger partial charge in [-0.05, 0) is 61.7 Å². The number of hydrogen-bond donors (Lipinski definition) is 1. The molecule has 9 heteroatoms. The Balaban J connectivity index is 1.22. The summed E-state index contributed by atoms with van der Waals surface area (Å²) in [7, 11) is -1.54. The van der Waals surface area contributed by atoms with Gasteiger partial charge in [-0.15, -0.1) is 9.39 Å². The zero-order chi connectivity index (χ0) is 26.3. The summed E-state index contributed by atoms with van der Waals surface area (Å²) in [5.74, 6) is 9.81. The van der Waals surface area contributed by atoms with E-state index in [0.29, 0.717) is 23.2 Å². The van der Waals surface area contributed by atoms with E-state index in [1.54, 1.807) is 30.8 Å². The lowest BCUT2D eigenvalue weighted by molar-refractivity contribution is 0.356. The van der Waals surface area contributed by atoms with E-state index in [1.807, 2.05) is 10.5 Å². The molecule has 5 aromatic rings. The van der Waals surface area contributed by atoms with Gasteiger partial charge in [0.2, 0.25) is 5.95 Å². The van der Waals surface area contributed by atoms with Gasteiger partial charge in [0.1, 0.15) is 23.5 Å². The fourth-order valence-electron chi connectivity index (χ4n) is 5.05. The number of rotatable bonds is 6. The van der Waals surface area contributed by atoms with Gasteiger partial charge in [-0.25, -0.2) is 14.4 Å². The lowest BCUT2D eigenvalue weighted by atomic mass is 10.1. The van der Waals surface area contributed by atoms with Crippen LogP contribution in [0.2, 0.25) is 0 Å². The average molecular weight is 529 g/mol. The largest absolute Gasteiger partial charge is 0.432 e. The van der Waals surface area contributed by atoms with Crippen LogP contribution in [0.3, 0.4) is 0 Å². The molecule has 2 aromatic carbocycles. The number of halogens is 1. The molecule has 0 saturated carbocycles. The highest BCUT2D eigenvalue weighted by Crippen LogP contribution is 2.40. The average Bonchev–Trinajstić information content (AvgIpc) is 3.51. The molecule has 1 aliphatic rings. The van der Waals surface area contributed by atoms with E-state index in [4.69, 9.17) is 9.40 Å². The van der Waals surface area contributed by atoms with Crippen LogP contribution in [0.5, 0.6) is 0 Å². The number of nitrogens with one attached hydrogen (secondary N) is 1. The lowest BCUT2D eigenvalue weighted by Crippen LogP contribution is -2.37. The highest BCUT2D eigenvalue weighted by atomic mass is 32.2. The smallest absolute Gasteiger partial charge is 0.306 e. The van der Waals surface area contributed by atoms with Gasteiger partial charge in [-0.3, -0.25) is 8.71 Å². The SMILES string of the molecule is C=S(=C)(c1ccccc1C)N1CCC(Nc2nccc(-c3c(-c4ccc(F)cc4)nc4occn34)n2)CC1. The first-order valence-electron chi connectivity index (χ1n) is 12.5. The zero-order valence-electron chi connectivity index (χ0n) is 21.2. The van der Waals surface area contributed by atoms with Gasteiger partial charge in [-0.2, -0.15) is 4.98 Å². The number of oxazole rings is 1. The van der Waals surface area contributed by atoms with Gasteiger partial charge in [0.15, 0.2) is 0 Å². The standard InChI is InChI=1S/C29H29FN6OS/c1-20-6-4-5-7-25(20)38(2,3)35-16-13-23(14-17-35)32-28-31-15-12-24(33-28)27-26(21-8-10-22(30)11-9-21)34-29-36(27)18-19-37-29/h4-12,15,18-19,23H,2-3,13-14,16-17H2,1H3,(H,31,32,33). The topological polar surface area (TPSA) is 71.5 Å². The minimum atomic E-state index is -1.54. The molecule has 7 nitrogen and oxygen atoms in total. The molecule has 1 aliphatic heterocycles. The van der Waals surface area contributed by atoms with Gasteiger partial charge in [0, 0.05) is 42.0 Å². The highest BCUT2D eigenvalue weighted by molar-refractivity contribution is 8.25. The van der Waals surface area contributed by atoms with Crippen LogP contribution in [0.4, 0.5) is 10.3 Å². The molecule has 0 aliphatic carbocycles. The zero-order valence-corrected chi connectivity index (χ0v) is 22.0. The van der Waals surface area contributed by atoms with E-state index in [-0.39, 0.29) is 11.9 Å². The van der Waals surface area contributed by atoms with Crippen molar-refractivity contribution in [1.82, 2.24) is 23.7 Å². The number of anilines is 1. The van der Waals surface area contributed by atoms with Gasteiger partial charge >= 0.3 is 5.84 Å². The van der Waals surface area contributed by atoms with Crippen molar-refractivity contribution in [3.8, 4) is 22.6 Å². The number of nitrogens with zero attached hydrogens (tertiary/aromatic N) is 5. The maximum Gasteiger partial charge on any atom is 0.306 e. The van der Waals surface area contributed by atoms with E-state index in [0.717, 1.165) is 37.2 Å². The third-order valence-electron chi connectivity index (χ3n) is 7.06. The molecule has 0 atom stereocenters. The molecule has 194 valence electrons. The van der Waals surface area contributed by atoms with Gasteiger partial charge < -0.3 is 9.73 Å². The van der Waals surface area contributed by atoms with Crippen molar-refractivity contribution in [3.05, 3.63) is 84.6 Å². The molecule has 38 heavy (non-hydrogen) atoms. The second kappa shape index (κ2) is 9.74. The molecule has 0 unspecified atom stereocenters. The monoisotopic (exact) mass is 528 g/mol. The third-order valence-corrected chi connectivity index (χ3v) is 9.69. The van der Waals surface area contributed by atoms with Crippen molar-refractivity contribution in [3.63, 3.8) is 0 Å². The van der Waals surface area contributed by atoms with Crippen molar-refractivity contribution < 1.29 is 8.81 Å². The van der Waals surface area contributed by atoms with E-state index in [2.05, 4.69) is 62.5 Å². The summed E-state index contributed by atoms with van der Waals surface area (Å²) >= 11 is 0. The summed E-state index contributed by atoms with van der Waals surface area (Å²) in [6.07, 6.45) is 7.01. The quantitative estimate of drug-likeness (QED) is 0.272. The molecule has 4 heterocycles. The second-order valence-electron chi connectivity index (χ2n) is 9.59. The van der Waals surface area contributed by atoms with E-state index < -0.39 is 9.39 Å². The minimum absolute atomic E-state index is 0.240. The predicted molar refractivity (Wildman–Crippen MR) is 153 cm³/mol. The summed E-state index contributed by atoms with van der Waals surface area (Å²) in [5.41, 5.74) is 4.16. The van der Waals surface area contributed by atoms with Crippen molar-refractivity contribution in [2.24, 2.45) is 0 Å². The first kappa shape index (κ1) is 24.4. The van der Waals surface area contributed by atoms with Crippen molar-refractivity contribution in [1.29, 1.82) is 0 Å². The van der Waals surface area contributed by atoms with Crippen LogP contribution < -0.4 is 5.32 Å². The molecule has 1 saturated heterocycles. The molecule has 0 amide bonds. The van der Waals surface area contributed by atoms with Crippen LogP contribution in [0.1, 0.15) is 18.4 Å². The Labute approximate surface area is 221 Å². The molecular formula is C29H29FN6OS. The van der Waals surface area contributed by atoms with Crippen LogP contribution in [-0.2, 0) is 0 Å². The number of hydrogen-bond acceptors (Lipinski definition) is 6. The Kier molecular flexibility index (Phi) is 6.25. The number of aromatic nitrogens is 4. The Bertz CT molecular complexity index is 1700. The summed E-state index contributed by atoms with van der Waals surface area (Å²) in [4.78, 5) is 15.2. The molecule has 6 rings (SSSR count). The van der Waals surface area contributed by atoms with Crippen molar-refractivity contribution >= 4 is 32.9 Å². The number of benzene rings is 2. The normalized spacial score (nSPS) is 15.2. The van der Waals surface area contributed by atoms with Gasteiger partial charge in [0.05, 0.1) is 5.69 Å². The molecule has 0 bridgehead atoms. The van der Waals surface area contributed by atoms with Crippen LogP contribution in [0.15, 0.2) is 82.6 Å². The highest BCUT2D eigenvalue weighted by Gasteiger charge is 2.24. The first-order chi connectivity index (χ1) is 18.4. The summed E-state index contributed by atoms with van der Waals surface area (Å²) in [6.45, 7) is 3.94. The Morgan fingerprint density at radius 2 is 1.79 bits per heavy atom. The first-order valence-corrected chi connectivity index (χ1v) is 14.4. The fourth-order valence-corrected chi connectivity index (χ4v) is 7.24. The number of imidazole rings is 1. The molecule has 0 spiro atoms. The Morgan fingerprint density at radius 1 is 1.03 bits per heavy atom. The molecule has 3 aromatic heterocycles. The van der Waals surface area contributed by atoms with Crippen LogP contribution in [0, 0.1) is 12.7 Å². The number of aryl methyl sites for hydroxylation is 1. The van der Waals surface area contributed by atoms with Gasteiger partial charge in [-0.1, -0.05) is 29.9 Å². The summed E-state index contributed by atoms with van der Waals surface area (Å²) < 4.78 is 23.4. The molecule has 1 N–H and O–H groups in total. The summed E-state index contributed by atoms with van der Waals surface area (Å²) in [5, 5.41) is 3.53. The Morgan fingerprint density at radius 3 is 2.55 bits per heavy atom. The number of fused-ring (bicyclic) bond motifs is 1. The summed E-state index contributed by atoms with van der Waals surface area (Å²) in [6, 6.07) is 16.8. The maximum atomic E-state index is 13.6. The van der Waals surface area contributed by atoms with Gasteiger partial charge in [0.25, 0.3) is 0 Å². The predicted octanol–water partition coefficient (Wildman–Crippen LogP) is 6.02. The van der Waals surface area contributed by atoms with Crippen molar-refractivity contribution in [2.75, 3.05) is 18.4 Å². The van der Waals surface area contributed by atoms with Crippen LogP contribution in [0.25, 0.3) is 28.5 Å². The van der Waals surface area contributed by atoms with E-state index in [9.17, 15) is 4.39 Å². The fraction of sp³-hybridized carbons (Fsp3) is 0.207.